The molecule has 0 aromatic carbocycles. The highest BCUT2D eigenvalue weighted by atomic mass is 16.5. The average Bonchev–Trinajstić information content (AvgIpc) is 2.61. The van der Waals surface area contributed by atoms with Crippen molar-refractivity contribution in [1.29, 1.82) is 0 Å². The fraction of sp³-hybridized carbons (Fsp3) is 0.524. The number of hydrogen-bond donors (Lipinski definition) is 1. The van der Waals surface area contributed by atoms with E-state index in [1.165, 1.54) is 25.4 Å². The second-order valence-corrected chi connectivity index (χ2v) is 6.72. The standard InChI is InChI=1S/C21H30O5/c1-14(2)8-6-9-15(3)10-7-11-16-12-17(20(23)25-4)18(13-19(16)22)21(24)26-5/h8,10,12,19,22H,6-7,9,11,13H2,1-5H3. The van der Waals surface area contributed by atoms with Gasteiger partial charge in [-0.1, -0.05) is 23.3 Å². The van der Waals surface area contributed by atoms with Gasteiger partial charge in [-0.15, -0.1) is 0 Å². The summed E-state index contributed by atoms with van der Waals surface area (Å²) in [7, 11) is 2.51. The van der Waals surface area contributed by atoms with E-state index in [0.717, 1.165) is 24.8 Å². The summed E-state index contributed by atoms with van der Waals surface area (Å²) in [6.45, 7) is 6.27. The SMILES string of the molecule is COC(=O)C1=C(C(=O)OC)CC(O)C(CCC=C(C)CCC=C(C)C)=C1. The maximum atomic E-state index is 12.0. The zero-order valence-electron chi connectivity index (χ0n) is 16.4. The monoisotopic (exact) mass is 362 g/mol. The van der Waals surface area contributed by atoms with Gasteiger partial charge in [-0.25, -0.2) is 9.59 Å². The van der Waals surface area contributed by atoms with E-state index in [9.17, 15) is 14.7 Å². The van der Waals surface area contributed by atoms with E-state index >= 15 is 0 Å². The Morgan fingerprint density at radius 1 is 1.12 bits per heavy atom. The van der Waals surface area contributed by atoms with Crippen LogP contribution < -0.4 is 0 Å². The van der Waals surface area contributed by atoms with E-state index in [0.29, 0.717) is 6.42 Å². The van der Waals surface area contributed by atoms with E-state index in [-0.39, 0.29) is 17.6 Å². The zero-order chi connectivity index (χ0) is 19.7. The molecule has 0 saturated carbocycles. The summed E-state index contributed by atoms with van der Waals surface area (Å²) < 4.78 is 9.46. The summed E-state index contributed by atoms with van der Waals surface area (Å²) >= 11 is 0. The molecule has 0 amide bonds. The maximum absolute atomic E-state index is 12.0. The number of carbonyl (C=O) groups is 2. The number of carbonyl (C=O) groups excluding carboxylic acids is 2. The molecule has 144 valence electrons. The van der Waals surface area contributed by atoms with E-state index in [2.05, 4.69) is 32.9 Å². The number of allylic oxidation sites excluding steroid dienone is 4. The van der Waals surface area contributed by atoms with Gasteiger partial charge >= 0.3 is 11.9 Å². The van der Waals surface area contributed by atoms with Gasteiger partial charge in [-0.2, -0.15) is 0 Å². The topological polar surface area (TPSA) is 72.8 Å². The first-order chi connectivity index (χ1) is 12.3. The molecule has 0 heterocycles. The zero-order valence-corrected chi connectivity index (χ0v) is 16.4. The molecule has 0 radical (unpaired) electrons. The highest BCUT2D eigenvalue weighted by Crippen LogP contribution is 2.29. The first-order valence-electron chi connectivity index (χ1n) is 8.87. The van der Waals surface area contributed by atoms with Gasteiger partial charge < -0.3 is 14.6 Å². The van der Waals surface area contributed by atoms with E-state index in [1.54, 1.807) is 6.08 Å². The molecule has 0 aromatic rings. The summed E-state index contributed by atoms with van der Waals surface area (Å²) in [5.41, 5.74) is 3.67. The normalized spacial score (nSPS) is 17.5. The van der Waals surface area contributed by atoms with E-state index < -0.39 is 18.0 Å². The van der Waals surface area contributed by atoms with Gasteiger partial charge in [0.2, 0.25) is 0 Å². The third-order valence-electron chi connectivity index (χ3n) is 4.33. The van der Waals surface area contributed by atoms with Crippen LogP contribution in [0.5, 0.6) is 0 Å². The molecule has 1 rings (SSSR count). The Hall–Kier alpha value is -2.14. The average molecular weight is 362 g/mol. The van der Waals surface area contributed by atoms with Crippen LogP contribution in [-0.4, -0.2) is 37.4 Å². The van der Waals surface area contributed by atoms with Crippen molar-refractivity contribution < 1.29 is 24.2 Å². The number of rotatable bonds is 8. The largest absolute Gasteiger partial charge is 0.466 e. The molecular formula is C21H30O5. The fourth-order valence-electron chi connectivity index (χ4n) is 2.83. The summed E-state index contributed by atoms with van der Waals surface area (Å²) in [4.78, 5) is 23.8. The first-order valence-corrected chi connectivity index (χ1v) is 8.87. The van der Waals surface area contributed by atoms with Crippen molar-refractivity contribution in [1.82, 2.24) is 0 Å². The third kappa shape index (κ3) is 6.64. The van der Waals surface area contributed by atoms with Crippen molar-refractivity contribution in [3.63, 3.8) is 0 Å². The molecule has 0 bridgehead atoms. The van der Waals surface area contributed by atoms with Crippen LogP contribution in [0.2, 0.25) is 0 Å². The van der Waals surface area contributed by atoms with Crippen molar-refractivity contribution in [2.75, 3.05) is 14.2 Å². The number of aliphatic hydroxyl groups excluding tert-OH is 1. The minimum atomic E-state index is -0.795. The van der Waals surface area contributed by atoms with Gasteiger partial charge in [0.25, 0.3) is 0 Å². The van der Waals surface area contributed by atoms with Crippen LogP contribution in [0.15, 0.2) is 46.1 Å². The Bertz CT molecular complexity index is 645. The molecule has 0 spiro atoms. The van der Waals surface area contributed by atoms with Gasteiger partial charge in [0.05, 0.1) is 31.5 Å². The van der Waals surface area contributed by atoms with Crippen molar-refractivity contribution >= 4 is 11.9 Å². The molecule has 0 saturated heterocycles. The summed E-state index contributed by atoms with van der Waals surface area (Å²) in [5.74, 6) is -1.21. The number of methoxy groups -OCH3 is 2. The quantitative estimate of drug-likeness (QED) is 0.525. The lowest BCUT2D eigenvalue weighted by atomic mass is 9.87. The number of hydrogen-bond acceptors (Lipinski definition) is 5. The van der Waals surface area contributed by atoms with Crippen LogP contribution in [0.3, 0.4) is 0 Å². The van der Waals surface area contributed by atoms with Crippen LogP contribution in [0.4, 0.5) is 0 Å². The summed E-state index contributed by atoms with van der Waals surface area (Å²) in [6.07, 6.45) is 8.63. The lowest BCUT2D eigenvalue weighted by molar-refractivity contribution is -0.139. The van der Waals surface area contributed by atoms with E-state index in [1.807, 2.05) is 0 Å². The third-order valence-corrected chi connectivity index (χ3v) is 4.33. The van der Waals surface area contributed by atoms with Crippen molar-refractivity contribution in [3.8, 4) is 0 Å². The molecule has 5 nitrogen and oxygen atoms in total. The van der Waals surface area contributed by atoms with Crippen LogP contribution in [0, 0.1) is 0 Å². The van der Waals surface area contributed by atoms with Gasteiger partial charge in [0.1, 0.15) is 0 Å². The number of esters is 2. The molecule has 0 aromatic heterocycles. The van der Waals surface area contributed by atoms with Crippen LogP contribution in [0.1, 0.15) is 52.9 Å². The number of aliphatic hydroxyl groups is 1. The highest BCUT2D eigenvalue weighted by molar-refractivity contribution is 6.03. The molecule has 26 heavy (non-hydrogen) atoms. The summed E-state index contributed by atoms with van der Waals surface area (Å²) in [6, 6.07) is 0. The predicted octanol–water partition coefficient (Wildman–Crippen LogP) is 3.79. The lowest BCUT2D eigenvalue weighted by Gasteiger charge is -2.22. The van der Waals surface area contributed by atoms with Crippen LogP contribution >= 0.6 is 0 Å². The number of ether oxygens (including phenoxy) is 2. The molecule has 1 unspecified atom stereocenters. The van der Waals surface area contributed by atoms with Crippen molar-refractivity contribution in [2.24, 2.45) is 0 Å². The van der Waals surface area contributed by atoms with Gasteiger partial charge in [-0.05, 0) is 58.1 Å². The molecule has 5 heteroatoms. The van der Waals surface area contributed by atoms with Gasteiger partial charge in [0.15, 0.2) is 0 Å². The Labute approximate surface area is 156 Å². The minimum Gasteiger partial charge on any atom is -0.466 e. The fourth-order valence-corrected chi connectivity index (χ4v) is 2.83. The molecule has 1 N–H and O–H groups in total. The predicted molar refractivity (Wildman–Crippen MR) is 101 cm³/mol. The van der Waals surface area contributed by atoms with Crippen molar-refractivity contribution in [3.05, 3.63) is 46.1 Å². The molecule has 0 aliphatic heterocycles. The second-order valence-electron chi connectivity index (χ2n) is 6.72. The highest BCUT2D eigenvalue weighted by Gasteiger charge is 2.29. The van der Waals surface area contributed by atoms with Crippen LogP contribution in [-0.2, 0) is 19.1 Å². The minimum absolute atomic E-state index is 0.0617. The first kappa shape index (κ1) is 21.9. The molecular weight excluding hydrogens is 332 g/mol. The molecule has 1 aliphatic carbocycles. The Balaban J connectivity index is 2.83. The van der Waals surface area contributed by atoms with E-state index in [4.69, 9.17) is 9.47 Å². The maximum Gasteiger partial charge on any atom is 0.338 e. The lowest BCUT2D eigenvalue weighted by Crippen LogP contribution is -2.24. The summed E-state index contributed by atoms with van der Waals surface area (Å²) in [5, 5.41) is 10.3. The molecule has 1 aliphatic rings. The Morgan fingerprint density at radius 2 is 1.77 bits per heavy atom. The van der Waals surface area contributed by atoms with Gasteiger partial charge in [-0.3, -0.25) is 0 Å². The Kier molecular flexibility index (Phi) is 9.07. The smallest absolute Gasteiger partial charge is 0.338 e. The van der Waals surface area contributed by atoms with Crippen molar-refractivity contribution in [2.45, 2.75) is 59.0 Å². The molecule has 1 atom stereocenters. The Morgan fingerprint density at radius 3 is 2.35 bits per heavy atom. The van der Waals surface area contributed by atoms with Crippen LogP contribution in [0.25, 0.3) is 0 Å². The second kappa shape index (κ2) is 10.8. The van der Waals surface area contributed by atoms with Gasteiger partial charge in [0, 0.05) is 6.42 Å². The molecule has 0 fully saturated rings.